The Hall–Kier alpha value is -4.81. The molecule has 12 nitrogen and oxygen atoms in total. The number of rotatable bonds is 4. The van der Waals surface area contributed by atoms with Crippen LogP contribution in [0.25, 0.3) is 22.6 Å². The van der Waals surface area contributed by atoms with Crippen molar-refractivity contribution in [2.24, 2.45) is 0 Å². The van der Waals surface area contributed by atoms with Crippen LogP contribution in [0.4, 0.5) is 19.8 Å². The predicted molar refractivity (Wildman–Crippen MR) is 144 cm³/mol. The monoisotopic (exact) mass is 548 g/mol. The van der Waals surface area contributed by atoms with E-state index in [1.165, 1.54) is 17.2 Å². The lowest BCUT2D eigenvalue weighted by Gasteiger charge is -2.34. The minimum Gasteiger partial charge on any atom is -0.444 e. The summed E-state index contributed by atoms with van der Waals surface area (Å²) in [4.78, 5) is 41.1. The number of nitrogens with zero attached hydrogens (tertiary/aromatic N) is 7. The van der Waals surface area contributed by atoms with Crippen LogP contribution in [0.2, 0.25) is 0 Å². The minimum absolute atomic E-state index is 0.00320. The molecule has 1 fully saturated rings. The summed E-state index contributed by atoms with van der Waals surface area (Å²) in [7, 11) is 0. The van der Waals surface area contributed by atoms with E-state index in [9.17, 15) is 14.0 Å². The number of carbonyl (C=O) groups excluding carboxylic acids is 2. The van der Waals surface area contributed by atoms with E-state index in [0.717, 1.165) is 0 Å². The standard InChI is InChI=1S/C27H29FN8O4/c1-27(2,3)40-26(38)35-13-11-34(12-14-35)25(37)39-20-15-31-23(32-22(20)29)21-18-8-6-10-30-24(18)36(33-21)16-17-7-4-5-9-19(17)28/h4-10,15H,11-14,16H2,1-3H3,(H2,29,31,32). The molecule has 13 heteroatoms. The molecule has 4 aromatic rings. The molecule has 2 amide bonds. The Kier molecular flexibility index (Phi) is 7.20. The second-order valence-electron chi connectivity index (χ2n) is 10.2. The molecule has 40 heavy (non-hydrogen) atoms. The van der Waals surface area contributed by atoms with Gasteiger partial charge in [0.15, 0.2) is 23.0 Å². The maximum absolute atomic E-state index is 14.3. The number of fused-ring (bicyclic) bond motifs is 1. The largest absolute Gasteiger partial charge is 0.444 e. The number of amides is 2. The van der Waals surface area contributed by atoms with Crippen molar-refractivity contribution in [1.29, 1.82) is 0 Å². The van der Waals surface area contributed by atoms with Crippen molar-refractivity contribution in [2.75, 3.05) is 31.9 Å². The van der Waals surface area contributed by atoms with Gasteiger partial charge >= 0.3 is 12.2 Å². The Balaban J connectivity index is 1.29. The van der Waals surface area contributed by atoms with Gasteiger partial charge in [-0.25, -0.2) is 33.6 Å². The quantitative estimate of drug-likeness (QED) is 0.404. The number of benzene rings is 1. The van der Waals surface area contributed by atoms with Gasteiger partial charge in [0.25, 0.3) is 0 Å². The van der Waals surface area contributed by atoms with Crippen LogP contribution in [0, 0.1) is 5.82 Å². The number of nitrogen functional groups attached to an aromatic ring is 1. The first-order chi connectivity index (χ1) is 19.1. The molecular formula is C27H29FN8O4. The number of carbonyl (C=O) groups is 2. The molecule has 5 rings (SSSR count). The highest BCUT2D eigenvalue weighted by atomic mass is 19.1. The van der Waals surface area contributed by atoms with Gasteiger partial charge in [0.1, 0.15) is 17.1 Å². The third-order valence-electron chi connectivity index (χ3n) is 6.17. The lowest BCUT2D eigenvalue weighted by Crippen LogP contribution is -2.52. The van der Waals surface area contributed by atoms with Crippen molar-refractivity contribution >= 4 is 29.0 Å². The van der Waals surface area contributed by atoms with Crippen LogP contribution in [-0.4, -0.2) is 78.5 Å². The zero-order valence-electron chi connectivity index (χ0n) is 22.4. The number of halogens is 1. The third kappa shape index (κ3) is 5.77. The first-order valence-electron chi connectivity index (χ1n) is 12.7. The van der Waals surface area contributed by atoms with E-state index in [1.54, 1.807) is 60.8 Å². The molecule has 0 radical (unpaired) electrons. The van der Waals surface area contributed by atoms with Gasteiger partial charge in [-0.1, -0.05) is 18.2 Å². The Morgan fingerprint density at radius 3 is 2.38 bits per heavy atom. The molecule has 0 aliphatic carbocycles. The number of nitrogens with two attached hydrogens (primary N) is 1. The number of hydrogen-bond donors (Lipinski definition) is 1. The molecule has 0 spiro atoms. The van der Waals surface area contributed by atoms with Crippen molar-refractivity contribution in [3.63, 3.8) is 0 Å². The van der Waals surface area contributed by atoms with E-state index in [-0.39, 0.29) is 42.8 Å². The molecular weight excluding hydrogens is 519 g/mol. The highest BCUT2D eigenvalue weighted by molar-refractivity contribution is 5.89. The van der Waals surface area contributed by atoms with E-state index in [4.69, 9.17) is 15.2 Å². The summed E-state index contributed by atoms with van der Waals surface area (Å²) in [5, 5.41) is 5.25. The van der Waals surface area contributed by atoms with E-state index in [1.807, 2.05) is 6.07 Å². The fourth-order valence-electron chi connectivity index (χ4n) is 4.21. The molecule has 1 aliphatic rings. The zero-order valence-corrected chi connectivity index (χ0v) is 22.4. The smallest absolute Gasteiger partial charge is 0.415 e. The summed E-state index contributed by atoms with van der Waals surface area (Å²) in [5.74, 6) is -0.196. The number of piperazine rings is 1. The SMILES string of the molecule is CC(C)(C)OC(=O)N1CCN(C(=O)Oc2cnc(-c3nn(Cc4ccccc4F)c4ncccc34)nc2N)CC1. The summed E-state index contributed by atoms with van der Waals surface area (Å²) in [6.45, 7) is 6.72. The molecule has 0 unspecified atom stereocenters. The molecule has 1 aromatic carbocycles. The molecule has 0 bridgehead atoms. The number of pyridine rings is 1. The van der Waals surface area contributed by atoms with Crippen LogP contribution >= 0.6 is 0 Å². The van der Waals surface area contributed by atoms with Gasteiger partial charge in [-0.15, -0.1) is 0 Å². The van der Waals surface area contributed by atoms with E-state index >= 15 is 0 Å². The summed E-state index contributed by atoms with van der Waals surface area (Å²) in [6, 6.07) is 10.0. The van der Waals surface area contributed by atoms with E-state index in [2.05, 4.69) is 20.1 Å². The fourth-order valence-corrected chi connectivity index (χ4v) is 4.21. The lowest BCUT2D eigenvalue weighted by molar-refractivity contribution is 0.0154. The topological polar surface area (TPSA) is 142 Å². The minimum atomic E-state index is -0.629. The van der Waals surface area contributed by atoms with Gasteiger partial charge in [0, 0.05) is 37.9 Å². The van der Waals surface area contributed by atoms with Crippen molar-refractivity contribution < 1.29 is 23.5 Å². The average Bonchev–Trinajstić information content (AvgIpc) is 3.28. The fraction of sp³-hybridized carbons (Fsp3) is 0.333. The zero-order chi connectivity index (χ0) is 28.4. The predicted octanol–water partition coefficient (Wildman–Crippen LogP) is 3.71. The molecule has 3 aromatic heterocycles. The third-order valence-corrected chi connectivity index (χ3v) is 6.17. The Morgan fingerprint density at radius 1 is 1.00 bits per heavy atom. The second-order valence-corrected chi connectivity index (χ2v) is 10.2. The highest BCUT2D eigenvalue weighted by Gasteiger charge is 2.29. The van der Waals surface area contributed by atoms with Gasteiger partial charge in [-0.2, -0.15) is 5.10 Å². The first kappa shape index (κ1) is 26.8. The number of anilines is 1. The van der Waals surface area contributed by atoms with Crippen molar-refractivity contribution in [3.05, 3.63) is 60.2 Å². The van der Waals surface area contributed by atoms with Crippen molar-refractivity contribution in [3.8, 4) is 17.3 Å². The van der Waals surface area contributed by atoms with Crippen LogP contribution < -0.4 is 10.5 Å². The van der Waals surface area contributed by atoms with Gasteiger partial charge in [0.2, 0.25) is 0 Å². The molecule has 1 saturated heterocycles. The molecule has 0 saturated carbocycles. The number of aromatic nitrogens is 5. The number of hydrogen-bond acceptors (Lipinski definition) is 9. The molecule has 4 heterocycles. The summed E-state index contributed by atoms with van der Waals surface area (Å²) in [6.07, 6.45) is 1.88. The normalized spacial score (nSPS) is 13.9. The maximum atomic E-state index is 14.3. The highest BCUT2D eigenvalue weighted by Crippen LogP contribution is 2.28. The van der Waals surface area contributed by atoms with Crippen molar-refractivity contribution in [2.45, 2.75) is 32.9 Å². The van der Waals surface area contributed by atoms with Gasteiger partial charge in [0.05, 0.1) is 18.1 Å². The van der Waals surface area contributed by atoms with Crippen LogP contribution in [0.1, 0.15) is 26.3 Å². The Labute approximate surface area is 229 Å². The van der Waals surface area contributed by atoms with Gasteiger partial charge < -0.3 is 25.0 Å². The number of ether oxygens (including phenoxy) is 2. The van der Waals surface area contributed by atoms with E-state index < -0.39 is 17.8 Å². The maximum Gasteiger partial charge on any atom is 0.415 e. The first-order valence-corrected chi connectivity index (χ1v) is 12.7. The molecule has 2 N–H and O–H groups in total. The van der Waals surface area contributed by atoms with Crippen LogP contribution in [-0.2, 0) is 11.3 Å². The van der Waals surface area contributed by atoms with Crippen LogP contribution in [0.3, 0.4) is 0 Å². The van der Waals surface area contributed by atoms with Crippen LogP contribution in [0.5, 0.6) is 5.75 Å². The average molecular weight is 549 g/mol. The molecule has 1 aliphatic heterocycles. The Bertz CT molecular complexity index is 1560. The summed E-state index contributed by atoms with van der Waals surface area (Å²) >= 11 is 0. The Morgan fingerprint density at radius 2 is 1.70 bits per heavy atom. The van der Waals surface area contributed by atoms with E-state index in [0.29, 0.717) is 35.4 Å². The van der Waals surface area contributed by atoms with Crippen LogP contribution in [0.15, 0.2) is 48.8 Å². The van der Waals surface area contributed by atoms with Crippen molar-refractivity contribution in [1.82, 2.24) is 34.5 Å². The molecule has 0 atom stereocenters. The summed E-state index contributed by atoms with van der Waals surface area (Å²) in [5.41, 5.74) is 6.93. The van der Waals surface area contributed by atoms with Gasteiger partial charge in [-0.3, -0.25) is 0 Å². The molecule has 208 valence electrons. The lowest BCUT2D eigenvalue weighted by atomic mass is 10.2. The second kappa shape index (κ2) is 10.8. The summed E-state index contributed by atoms with van der Waals surface area (Å²) < 4.78 is 26.7. The van der Waals surface area contributed by atoms with Gasteiger partial charge in [-0.05, 0) is 39.0 Å².